The van der Waals surface area contributed by atoms with Crippen LogP contribution in [0.3, 0.4) is 0 Å². The smallest absolute Gasteiger partial charge is 0.121 e. The van der Waals surface area contributed by atoms with Gasteiger partial charge in [0.25, 0.3) is 0 Å². The molecule has 2 N–H and O–H groups in total. The molecule has 1 aromatic rings. The Balaban J connectivity index is 2.83. The first-order valence-electron chi connectivity index (χ1n) is 5.18. The van der Waals surface area contributed by atoms with Gasteiger partial charge in [0.1, 0.15) is 11.9 Å². The van der Waals surface area contributed by atoms with Crippen molar-refractivity contribution in [1.82, 2.24) is 0 Å². The predicted molar refractivity (Wildman–Crippen MR) is 62.2 cm³/mol. The van der Waals surface area contributed by atoms with E-state index < -0.39 is 6.10 Å². The van der Waals surface area contributed by atoms with E-state index in [-0.39, 0.29) is 6.10 Å². The van der Waals surface area contributed by atoms with Crippen LogP contribution in [0.2, 0.25) is 0 Å². The minimum Gasteiger partial charge on any atom is -0.488 e. The lowest BCUT2D eigenvalue weighted by Gasteiger charge is -2.17. The van der Waals surface area contributed by atoms with Crippen LogP contribution in [-0.2, 0) is 0 Å². The summed E-state index contributed by atoms with van der Waals surface area (Å²) in [6.45, 7) is 5.18. The SMILES string of the molecule is CC(=NO)c1cccc(OC(C)C(C)O)c1. The van der Waals surface area contributed by atoms with E-state index in [0.29, 0.717) is 11.5 Å². The summed E-state index contributed by atoms with van der Waals surface area (Å²) in [6.07, 6.45) is -0.808. The normalized spacial score (nSPS) is 15.6. The number of aliphatic hydroxyl groups excluding tert-OH is 1. The number of ether oxygens (including phenoxy) is 1. The van der Waals surface area contributed by atoms with E-state index in [2.05, 4.69) is 5.16 Å². The van der Waals surface area contributed by atoms with Gasteiger partial charge >= 0.3 is 0 Å². The van der Waals surface area contributed by atoms with Crippen LogP contribution in [0.25, 0.3) is 0 Å². The molecule has 0 radical (unpaired) electrons. The number of benzene rings is 1. The molecule has 1 rings (SSSR count). The molecule has 0 aromatic heterocycles. The van der Waals surface area contributed by atoms with Crippen molar-refractivity contribution < 1.29 is 15.1 Å². The van der Waals surface area contributed by atoms with E-state index in [1.54, 1.807) is 32.9 Å². The van der Waals surface area contributed by atoms with Crippen LogP contribution in [0, 0.1) is 0 Å². The summed E-state index contributed by atoms with van der Waals surface area (Å²) >= 11 is 0. The highest BCUT2D eigenvalue weighted by molar-refractivity contribution is 5.98. The second-order valence-corrected chi connectivity index (χ2v) is 3.78. The molecular formula is C12H17NO3. The monoisotopic (exact) mass is 223 g/mol. The molecule has 0 fully saturated rings. The lowest BCUT2D eigenvalue weighted by molar-refractivity contribution is 0.0604. The topological polar surface area (TPSA) is 62.1 Å². The maximum atomic E-state index is 9.32. The first kappa shape index (κ1) is 12.5. The van der Waals surface area contributed by atoms with E-state index in [1.165, 1.54) is 0 Å². The number of hydrogen-bond acceptors (Lipinski definition) is 4. The Bertz CT molecular complexity index is 374. The van der Waals surface area contributed by atoms with Crippen LogP contribution in [0.15, 0.2) is 29.4 Å². The maximum absolute atomic E-state index is 9.32. The van der Waals surface area contributed by atoms with Gasteiger partial charge in [0.15, 0.2) is 0 Å². The summed E-state index contributed by atoms with van der Waals surface area (Å²) < 4.78 is 5.52. The molecule has 0 aliphatic heterocycles. The van der Waals surface area contributed by atoms with Gasteiger partial charge in [0.2, 0.25) is 0 Å². The third-order valence-electron chi connectivity index (χ3n) is 2.40. The van der Waals surface area contributed by atoms with E-state index in [4.69, 9.17) is 9.94 Å². The number of hydrogen-bond donors (Lipinski definition) is 2. The van der Waals surface area contributed by atoms with Gasteiger partial charge in [0.05, 0.1) is 11.8 Å². The third-order valence-corrected chi connectivity index (χ3v) is 2.40. The second-order valence-electron chi connectivity index (χ2n) is 3.78. The Morgan fingerprint density at radius 2 is 2.06 bits per heavy atom. The van der Waals surface area contributed by atoms with Gasteiger partial charge in [-0.05, 0) is 32.9 Å². The van der Waals surface area contributed by atoms with Crippen molar-refractivity contribution in [3.63, 3.8) is 0 Å². The first-order valence-corrected chi connectivity index (χ1v) is 5.18. The summed E-state index contributed by atoms with van der Waals surface area (Å²) in [5, 5.41) is 21.1. The molecule has 0 aliphatic rings. The number of aliphatic hydroxyl groups is 1. The number of nitrogens with zero attached hydrogens (tertiary/aromatic N) is 1. The molecule has 1 aromatic carbocycles. The van der Waals surface area contributed by atoms with Crippen molar-refractivity contribution in [2.24, 2.45) is 5.16 Å². The van der Waals surface area contributed by atoms with E-state index >= 15 is 0 Å². The zero-order chi connectivity index (χ0) is 12.1. The number of rotatable bonds is 4. The molecule has 2 atom stereocenters. The minimum absolute atomic E-state index is 0.276. The molecule has 0 saturated carbocycles. The zero-order valence-electron chi connectivity index (χ0n) is 9.71. The summed E-state index contributed by atoms with van der Waals surface area (Å²) in [4.78, 5) is 0. The molecule has 4 heteroatoms. The van der Waals surface area contributed by atoms with Crippen molar-refractivity contribution in [2.75, 3.05) is 0 Å². The van der Waals surface area contributed by atoms with Crippen LogP contribution < -0.4 is 4.74 Å². The third kappa shape index (κ3) is 3.24. The van der Waals surface area contributed by atoms with Gasteiger partial charge in [-0.1, -0.05) is 17.3 Å². The Morgan fingerprint density at radius 3 is 2.62 bits per heavy atom. The minimum atomic E-state index is -0.531. The number of oxime groups is 1. The predicted octanol–water partition coefficient (Wildman–Crippen LogP) is 2.03. The Hall–Kier alpha value is -1.55. The van der Waals surface area contributed by atoms with Crippen LogP contribution in [0.4, 0.5) is 0 Å². The Morgan fingerprint density at radius 1 is 1.38 bits per heavy atom. The lowest BCUT2D eigenvalue weighted by atomic mass is 10.1. The summed E-state index contributed by atoms with van der Waals surface area (Å²) in [6, 6.07) is 7.21. The first-order chi connectivity index (χ1) is 7.54. The zero-order valence-corrected chi connectivity index (χ0v) is 9.71. The van der Waals surface area contributed by atoms with Crippen molar-refractivity contribution >= 4 is 5.71 Å². The summed E-state index contributed by atoms with van der Waals surface area (Å²) in [5.41, 5.74) is 1.31. The molecule has 0 bridgehead atoms. The Labute approximate surface area is 95.2 Å². The summed E-state index contributed by atoms with van der Waals surface area (Å²) in [7, 11) is 0. The molecule has 88 valence electrons. The van der Waals surface area contributed by atoms with Crippen LogP contribution in [0.5, 0.6) is 5.75 Å². The average Bonchev–Trinajstić information content (AvgIpc) is 2.28. The highest BCUT2D eigenvalue weighted by Gasteiger charge is 2.10. The molecule has 0 aliphatic carbocycles. The fraction of sp³-hybridized carbons (Fsp3) is 0.417. The molecule has 0 amide bonds. The highest BCUT2D eigenvalue weighted by Crippen LogP contribution is 2.16. The van der Waals surface area contributed by atoms with Crippen molar-refractivity contribution in [3.8, 4) is 5.75 Å². The molecule has 2 unspecified atom stereocenters. The van der Waals surface area contributed by atoms with Gasteiger partial charge in [-0.25, -0.2) is 0 Å². The van der Waals surface area contributed by atoms with Crippen LogP contribution in [0.1, 0.15) is 26.3 Å². The molecule has 4 nitrogen and oxygen atoms in total. The molecule has 0 heterocycles. The fourth-order valence-electron chi connectivity index (χ4n) is 1.17. The van der Waals surface area contributed by atoms with E-state index in [9.17, 15) is 5.11 Å². The molecule has 0 saturated heterocycles. The summed E-state index contributed by atoms with van der Waals surface area (Å²) in [5.74, 6) is 0.647. The second kappa shape index (κ2) is 5.51. The van der Waals surface area contributed by atoms with Crippen LogP contribution >= 0.6 is 0 Å². The van der Waals surface area contributed by atoms with Gasteiger partial charge in [-0.2, -0.15) is 0 Å². The Kier molecular flexibility index (Phi) is 4.31. The standard InChI is InChI=1S/C12H17NO3/c1-8(13-15)11-5-4-6-12(7-11)16-10(3)9(2)14/h4-7,9-10,14-15H,1-3H3. The molecule has 0 spiro atoms. The van der Waals surface area contributed by atoms with Crippen LogP contribution in [-0.4, -0.2) is 28.2 Å². The van der Waals surface area contributed by atoms with Crippen molar-refractivity contribution in [2.45, 2.75) is 33.0 Å². The van der Waals surface area contributed by atoms with Crippen molar-refractivity contribution in [3.05, 3.63) is 29.8 Å². The quantitative estimate of drug-likeness (QED) is 0.466. The lowest BCUT2D eigenvalue weighted by Crippen LogP contribution is -2.25. The highest BCUT2D eigenvalue weighted by atomic mass is 16.5. The van der Waals surface area contributed by atoms with Crippen molar-refractivity contribution in [1.29, 1.82) is 0 Å². The fourth-order valence-corrected chi connectivity index (χ4v) is 1.17. The largest absolute Gasteiger partial charge is 0.488 e. The van der Waals surface area contributed by atoms with Gasteiger partial charge in [-0.3, -0.25) is 0 Å². The average molecular weight is 223 g/mol. The maximum Gasteiger partial charge on any atom is 0.121 e. The molecule has 16 heavy (non-hydrogen) atoms. The van der Waals surface area contributed by atoms with E-state index in [1.807, 2.05) is 12.1 Å². The van der Waals surface area contributed by atoms with Gasteiger partial charge in [0, 0.05) is 5.56 Å². The van der Waals surface area contributed by atoms with Gasteiger partial charge in [-0.15, -0.1) is 0 Å². The van der Waals surface area contributed by atoms with E-state index in [0.717, 1.165) is 5.56 Å². The molecular weight excluding hydrogens is 206 g/mol. The van der Waals surface area contributed by atoms with Gasteiger partial charge < -0.3 is 15.1 Å².